The molecule has 0 radical (unpaired) electrons. The van der Waals surface area contributed by atoms with Crippen LogP contribution >= 0.6 is 12.2 Å². The molecule has 6 nitrogen and oxygen atoms in total. The fraction of sp³-hybridized carbons (Fsp3) is 0.133. The van der Waals surface area contributed by atoms with E-state index in [1.54, 1.807) is 37.3 Å². The highest BCUT2D eigenvalue weighted by Gasteiger charge is 2.11. The number of carbonyl (C=O) groups excluding carboxylic acids is 2. The average molecular weight is 318 g/mol. The van der Waals surface area contributed by atoms with Crippen molar-refractivity contribution in [1.29, 1.82) is 0 Å². The maximum Gasteiger partial charge on any atom is 0.338 e. The summed E-state index contributed by atoms with van der Waals surface area (Å²) in [4.78, 5) is 23.2. The lowest BCUT2D eigenvalue weighted by Gasteiger charge is -2.09. The standard InChI is InChI=1S/C15H14N2O4S/c1-2-20-14(19)10-5-7-11(8-6-10)16-15(22)17-13(18)12-4-3-9-21-12/h3-9H,2H2,1H3,(H2,16,17,18,22). The quantitative estimate of drug-likeness (QED) is 0.666. The molecule has 1 aromatic carbocycles. The Balaban J connectivity index is 1.91. The zero-order valence-electron chi connectivity index (χ0n) is 11.8. The molecular formula is C15H14N2O4S. The van der Waals surface area contributed by atoms with Crippen LogP contribution in [-0.2, 0) is 4.74 Å². The molecule has 0 saturated carbocycles. The van der Waals surface area contributed by atoms with Gasteiger partial charge in [-0.3, -0.25) is 10.1 Å². The van der Waals surface area contributed by atoms with Crippen LogP contribution in [0, 0.1) is 0 Å². The van der Waals surface area contributed by atoms with Crippen molar-refractivity contribution in [2.45, 2.75) is 6.92 Å². The summed E-state index contributed by atoms with van der Waals surface area (Å²) in [5.41, 5.74) is 1.08. The van der Waals surface area contributed by atoms with Crippen LogP contribution < -0.4 is 10.6 Å². The summed E-state index contributed by atoms with van der Waals surface area (Å²) < 4.78 is 9.85. The number of hydrogen-bond donors (Lipinski definition) is 2. The van der Waals surface area contributed by atoms with Crippen LogP contribution in [0.15, 0.2) is 47.1 Å². The Morgan fingerprint density at radius 2 is 1.95 bits per heavy atom. The van der Waals surface area contributed by atoms with E-state index in [0.29, 0.717) is 17.9 Å². The Bertz CT molecular complexity index is 665. The molecule has 2 N–H and O–H groups in total. The fourth-order valence-corrected chi connectivity index (χ4v) is 1.85. The SMILES string of the molecule is CCOC(=O)c1ccc(NC(=S)NC(=O)c2ccco2)cc1. The van der Waals surface area contributed by atoms with Gasteiger partial charge in [0, 0.05) is 5.69 Å². The predicted molar refractivity (Wildman–Crippen MR) is 84.8 cm³/mol. The summed E-state index contributed by atoms with van der Waals surface area (Å²) in [6, 6.07) is 9.69. The molecule has 114 valence electrons. The Labute approximate surface area is 132 Å². The van der Waals surface area contributed by atoms with Crippen LogP contribution in [0.5, 0.6) is 0 Å². The van der Waals surface area contributed by atoms with Crippen LogP contribution in [0.25, 0.3) is 0 Å². The molecule has 0 spiro atoms. The minimum absolute atomic E-state index is 0.130. The first-order valence-corrected chi connectivity index (χ1v) is 6.94. The molecule has 0 aliphatic carbocycles. The van der Waals surface area contributed by atoms with Gasteiger partial charge in [-0.1, -0.05) is 0 Å². The largest absolute Gasteiger partial charge is 0.462 e. The minimum atomic E-state index is -0.439. The van der Waals surface area contributed by atoms with E-state index in [1.807, 2.05) is 0 Å². The van der Waals surface area contributed by atoms with E-state index in [4.69, 9.17) is 21.4 Å². The molecule has 2 aromatic rings. The van der Waals surface area contributed by atoms with Crippen molar-refractivity contribution in [2.75, 3.05) is 11.9 Å². The molecule has 0 aliphatic rings. The fourth-order valence-electron chi connectivity index (χ4n) is 1.64. The van der Waals surface area contributed by atoms with Gasteiger partial charge in [0.2, 0.25) is 0 Å². The molecule has 0 aliphatic heterocycles. The average Bonchev–Trinajstić information content (AvgIpc) is 3.02. The van der Waals surface area contributed by atoms with Gasteiger partial charge in [-0.25, -0.2) is 4.79 Å². The van der Waals surface area contributed by atoms with Gasteiger partial charge in [-0.2, -0.15) is 0 Å². The van der Waals surface area contributed by atoms with Gasteiger partial charge < -0.3 is 14.5 Å². The number of amides is 1. The lowest BCUT2D eigenvalue weighted by molar-refractivity contribution is 0.0526. The van der Waals surface area contributed by atoms with Crippen molar-refractivity contribution in [3.05, 3.63) is 54.0 Å². The number of carbonyl (C=O) groups is 2. The van der Waals surface area contributed by atoms with Crippen molar-refractivity contribution in [2.24, 2.45) is 0 Å². The monoisotopic (exact) mass is 318 g/mol. The van der Waals surface area contributed by atoms with Crippen molar-refractivity contribution in [3.63, 3.8) is 0 Å². The van der Waals surface area contributed by atoms with E-state index in [1.165, 1.54) is 12.3 Å². The Morgan fingerprint density at radius 3 is 2.55 bits per heavy atom. The molecule has 0 saturated heterocycles. The van der Waals surface area contributed by atoms with E-state index in [9.17, 15) is 9.59 Å². The van der Waals surface area contributed by atoms with E-state index in [2.05, 4.69) is 10.6 Å². The van der Waals surface area contributed by atoms with Crippen molar-refractivity contribution < 1.29 is 18.7 Å². The Morgan fingerprint density at radius 1 is 1.23 bits per heavy atom. The van der Waals surface area contributed by atoms with Gasteiger partial charge in [0.1, 0.15) is 0 Å². The van der Waals surface area contributed by atoms with Crippen LogP contribution in [-0.4, -0.2) is 23.6 Å². The van der Waals surface area contributed by atoms with Crippen LogP contribution in [0.1, 0.15) is 27.8 Å². The highest BCUT2D eigenvalue weighted by molar-refractivity contribution is 7.80. The summed E-state index contributed by atoms with van der Waals surface area (Å²) in [7, 11) is 0. The molecule has 0 fully saturated rings. The second-order valence-electron chi connectivity index (χ2n) is 4.18. The molecule has 1 amide bonds. The molecule has 0 atom stereocenters. The van der Waals surface area contributed by atoms with Gasteiger partial charge in [0.15, 0.2) is 10.9 Å². The van der Waals surface area contributed by atoms with Gasteiger partial charge in [-0.05, 0) is 55.5 Å². The highest BCUT2D eigenvalue weighted by atomic mass is 32.1. The van der Waals surface area contributed by atoms with E-state index >= 15 is 0 Å². The maximum atomic E-state index is 11.7. The smallest absolute Gasteiger partial charge is 0.338 e. The van der Waals surface area contributed by atoms with Crippen molar-refractivity contribution in [1.82, 2.24) is 5.32 Å². The van der Waals surface area contributed by atoms with Crippen LogP contribution in [0.3, 0.4) is 0 Å². The van der Waals surface area contributed by atoms with Gasteiger partial charge in [0.25, 0.3) is 5.91 Å². The Kier molecular flexibility index (Phi) is 5.26. The second kappa shape index (κ2) is 7.37. The number of esters is 1. The number of furan rings is 1. The lowest BCUT2D eigenvalue weighted by Crippen LogP contribution is -2.33. The predicted octanol–water partition coefficient (Wildman–Crippen LogP) is 2.58. The molecule has 22 heavy (non-hydrogen) atoms. The first-order valence-electron chi connectivity index (χ1n) is 6.53. The summed E-state index contributed by atoms with van der Waals surface area (Å²) in [5.74, 6) is -0.657. The van der Waals surface area contributed by atoms with Crippen LogP contribution in [0.2, 0.25) is 0 Å². The summed E-state index contributed by atoms with van der Waals surface area (Å²) in [6.07, 6.45) is 1.40. The number of nitrogens with one attached hydrogen (secondary N) is 2. The first kappa shape index (κ1) is 15.7. The van der Waals surface area contributed by atoms with E-state index in [0.717, 1.165) is 0 Å². The molecule has 0 bridgehead atoms. The number of ether oxygens (including phenoxy) is 1. The second-order valence-corrected chi connectivity index (χ2v) is 4.59. The summed E-state index contributed by atoms with van der Waals surface area (Å²) in [6.45, 7) is 2.07. The normalized spacial score (nSPS) is 9.86. The third-order valence-corrected chi connectivity index (χ3v) is 2.83. The molecule has 0 unspecified atom stereocenters. The topological polar surface area (TPSA) is 80.6 Å². The maximum absolute atomic E-state index is 11.7. The molecular weight excluding hydrogens is 304 g/mol. The van der Waals surface area contributed by atoms with Crippen molar-refractivity contribution in [3.8, 4) is 0 Å². The van der Waals surface area contributed by atoms with Crippen LogP contribution in [0.4, 0.5) is 5.69 Å². The van der Waals surface area contributed by atoms with Gasteiger partial charge in [-0.15, -0.1) is 0 Å². The number of hydrogen-bond acceptors (Lipinski definition) is 5. The van der Waals surface area contributed by atoms with Crippen molar-refractivity contribution >= 4 is 34.9 Å². The third-order valence-electron chi connectivity index (χ3n) is 2.63. The van der Waals surface area contributed by atoms with Gasteiger partial charge in [0.05, 0.1) is 18.4 Å². The number of benzene rings is 1. The number of thiocarbonyl (C=S) groups is 1. The number of anilines is 1. The first-order chi connectivity index (χ1) is 10.6. The molecule has 1 heterocycles. The molecule has 7 heteroatoms. The molecule has 1 aromatic heterocycles. The van der Waals surface area contributed by atoms with E-state index in [-0.39, 0.29) is 16.8 Å². The lowest BCUT2D eigenvalue weighted by atomic mass is 10.2. The minimum Gasteiger partial charge on any atom is -0.462 e. The Hall–Kier alpha value is -2.67. The third kappa shape index (κ3) is 4.16. The van der Waals surface area contributed by atoms with Gasteiger partial charge >= 0.3 is 5.97 Å². The summed E-state index contributed by atoms with van der Waals surface area (Å²) in [5, 5.41) is 5.45. The zero-order valence-corrected chi connectivity index (χ0v) is 12.6. The summed E-state index contributed by atoms with van der Waals surface area (Å²) >= 11 is 5.04. The van der Waals surface area contributed by atoms with E-state index < -0.39 is 5.91 Å². The molecule has 2 rings (SSSR count). The highest BCUT2D eigenvalue weighted by Crippen LogP contribution is 2.10. The zero-order chi connectivity index (χ0) is 15.9. The number of rotatable bonds is 4.